The fourth-order valence-corrected chi connectivity index (χ4v) is 3.18. The van der Waals surface area contributed by atoms with Crippen LogP contribution in [-0.2, 0) is 6.54 Å². The minimum atomic E-state index is 0.722. The van der Waals surface area contributed by atoms with Crippen LogP contribution < -0.4 is 0 Å². The summed E-state index contributed by atoms with van der Waals surface area (Å²) < 4.78 is 2.02. The number of aryl methyl sites for hydroxylation is 2. The van der Waals surface area contributed by atoms with Crippen molar-refractivity contribution in [2.24, 2.45) is 0 Å². The van der Waals surface area contributed by atoms with Gasteiger partial charge in [0, 0.05) is 16.6 Å². The number of hydrogen-bond donors (Lipinski definition) is 0. The van der Waals surface area contributed by atoms with Gasteiger partial charge in [-0.3, -0.25) is 0 Å². The van der Waals surface area contributed by atoms with Gasteiger partial charge in [-0.05, 0) is 31.0 Å². The maximum atomic E-state index is 4.91. The summed E-state index contributed by atoms with van der Waals surface area (Å²) in [6, 6.07) is 22.9. The molecule has 0 saturated carbocycles. The van der Waals surface area contributed by atoms with Crippen LogP contribution in [0.25, 0.3) is 22.3 Å². The summed E-state index contributed by atoms with van der Waals surface area (Å²) in [5.74, 6) is 0. The van der Waals surface area contributed by atoms with Gasteiger partial charge in [-0.25, -0.2) is 9.67 Å². The lowest BCUT2D eigenvalue weighted by Crippen LogP contribution is -2.03. The molecule has 0 bridgehead atoms. The number of fused-ring (bicyclic) bond motifs is 1. The van der Waals surface area contributed by atoms with Crippen molar-refractivity contribution < 1.29 is 0 Å². The molecule has 24 heavy (non-hydrogen) atoms. The second-order valence-electron chi connectivity index (χ2n) is 6.14. The van der Waals surface area contributed by atoms with Crippen molar-refractivity contribution in [3.63, 3.8) is 0 Å². The van der Waals surface area contributed by atoms with E-state index in [4.69, 9.17) is 10.1 Å². The maximum absolute atomic E-state index is 4.91. The van der Waals surface area contributed by atoms with Crippen LogP contribution in [0.5, 0.6) is 0 Å². The molecule has 0 aliphatic heterocycles. The van der Waals surface area contributed by atoms with Crippen molar-refractivity contribution in [3.8, 4) is 11.3 Å². The van der Waals surface area contributed by atoms with E-state index in [9.17, 15) is 0 Å². The molecule has 0 aliphatic carbocycles. The Hall–Kier alpha value is -2.94. The molecule has 0 radical (unpaired) electrons. The van der Waals surface area contributed by atoms with Gasteiger partial charge in [0.15, 0.2) is 5.65 Å². The van der Waals surface area contributed by atoms with E-state index in [1.165, 1.54) is 11.1 Å². The van der Waals surface area contributed by atoms with Gasteiger partial charge in [-0.2, -0.15) is 5.10 Å². The lowest BCUT2D eigenvalue weighted by molar-refractivity contribution is 0.706. The molecule has 0 unspecified atom stereocenters. The molecule has 0 fully saturated rings. The second-order valence-corrected chi connectivity index (χ2v) is 6.14. The zero-order valence-electron chi connectivity index (χ0n) is 13.9. The van der Waals surface area contributed by atoms with Gasteiger partial charge in [0.1, 0.15) is 5.69 Å². The molecule has 2 aromatic carbocycles. The average Bonchev–Trinajstić information content (AvgIpc) is 2.95. The van der Waals surface area contributed by atoms with E-state index < -0.39 is 0 Å². The van der Waals surface area contributed by atoms with Crippen LogP contribution in [0.4, 0.5) is 0 Å². The first kappa shape index (κ1) is 14.6. The van der Waals surface area contributed by atoms with Gasteiger partial charge in [0.2, 0.25) is 0 Å². The Morgan fingerprint density at radius 3 is 2.25 bits per heavy atom. The molecule has 3 heteroatoms. The number of nitrogens with zero attached hydrogens (tertiary/aromatic N) is 3. The fourth-order valence-electron chi connectivity index (χ4n) is 3.18. The molecule has 0 spiro atoms. The van der Waals surface area contributed by atoms with E-state index in [0.717, 1.165) is 34.5 Å². The lowest BCUT2D eigenvalue weighted by atomic mass is 10.1. The summed E-state index contributed by atoms with van der Waals surface area (Å²) in [5.41, 5.74) is 6.55. The largest absolute Gasteiger partial charge is 0.242 e. The predicted molar refractivity (Wildman–Crippen MR) is 98.0 cm³/mol. The highest BCUT2D eigenvalue weighted by molar-refractivity contribution is 5.93. The van der Waals surface area contributed by atoms with Crippen molar-refractivity contribution in [1.82, 2.24) is 14.8 Å². The molecule has 4 rings (SSSR count). The molecule has 2 heterocycles. The molecule has 4 aromatic rings. The summed E-state index contributed by atoms with van der Waals surface area (Å²) >= 11 is 0. The number of aromatic nitrogens is 3. The topological polar surface area (TPSA) is 30.7 Å². The average molecular weight is 313 g/mol. The standard InChI is InChI=1S/C21H19N3/c1-15-13-16(2)22-21-19(15)20(18-11-7-4-8-12-18)23-24(21)14-17-9-5-3-6-10-17/h3-13H,14H2,1-2H3. The molecule has 0 amide bonds. The lowest BCUT2D eigenvalue weighted by Gasteiger charge is -2.04. The summed E-state index contributed by atoms with van der Waals surface area (Å²) in [5, 5.41) is 6.05. The van der Waals surface area contributed by atoms with Crippen LogP contribution in [0.1, 0.15) is 16.8 Å². The van der Waals surface area contributed by atoms with E-state index in [1.54, 1.807) is 0 Å². The van der Waals surface area contributed by atoms with Crippen LogP contribution in [0.2, 0.25) is 0 Å². The van der Waals surface area contributed by atoms with Gasteiger partial charge >= 0.3 is 0 Å². The summed E-state index contributed by atoms with van der Waals surface area (Å²) in [4.78, 5) is 4.78. The predicted octanol–water partition coefficient (Wildman–Crippen LogP) is 4.76. The Balaban J connectivity index is 1.94. The van der Waals surface area contributed by atoms with E-state index in [-0.39, 0.29) is 0 Å². The SMILES string of the molecule is Cc1cc(C)c2c(-c3ccccc3)nn(Cc3ccccc3)c2n1. The third-order valence-electron chi connectivity index (χ3n) is 4.25. The van der Waals surface area contributed by atoms with Crippen LogP contribution in [0.3, 0.4) is 0 Å². The second kappa shape index (κ2) is 5.93. The van der Waals surface area contributed by atoms with Crippen LogP contribution in [-0.4, -0.2) is 14.8 Å². The van der Waals surface area contributed by atoms with Crippen molar-refractivity contribution >= 4 is 11.0 Å². The summed E-state index contributed by atoms with van der Waals surface area (Å²) in [6.07, 6.45) is 0. The van der Waals surface area contributed by atoms with Crippen LogP contribution in [0.15, 0.2) is 66.7 Å². The molecule has 0 saturated heterocycles. The first-order valence-corrected chi connectivity index (χ1v) is 8.16. The van der Waals surface area contributed by atoms with Crippen molar-refractivity contribution in [1.29, 1.82) is 0 Å². The van der Waals surface area contributed by atoms with Gasteiger partial charge in [-0.15, -0.1) is 0 Å². The Bertz CT molecular complexity index is 986. The van der Waals surface area contributed by atoms with Crippen molar-refractivity contribution in [2.45, 2.75) is 20.4 Å². The fraction of sp³-hybridized carbons (Fsp3) is 0.143. The summed E-state index contributed by atoms with van der Waals surface area (Å²) in [7, 11) is 0. The number of pyridine rings is 1. The Morgan fingerprint density at radius 2 is 1.54 bits per heavy atom. The van der Waals surface area contributed by atoms with Gasteiger partial charge < -0.3 is 0 Å². The molecule has 0 atom stereocenters. The first-order valence-electron chi connectivity index (χ1n) is 8.16. The van der Waals surface area contributed by atoms with Gasteiger partial charge in [-0.1, -0.05) is 60.7 Å². The van der Waals surface area contributed by atoms with Crippen LogP contribution in [0, 0.1) is 13.8 Å². The Morgan fingerprint density at radius 1 is 0.875 bits per heavy atom. The summed E-state index contributed by atoms with van der Waals surface area (Å²) in [6.45, 7) is 4.90. The van der Waals surface area contributed by atoms with Gasteiger partial charge in [0.05, 0.1) is 6.54 Å². The third kappa shape index (κ3) is 2.58. The van der Waals surface area contributed by atoms with Crippen LogP contribution >= 0.6 is 0 Å². The molecule has 0 aliphatic rings. The highest BCUT2D eigenvalue weighted by Gasteiger charge is 2.16. The van der Waals surface area contributed by atoms with Crippen molar-refractivity contribution in [3.05, 3.63) is 83.6 Å². The monoisotopic (exact) mass is 313 g/mol. The quantitative estimate of drug-likeness (QED) is 0.546. The number of benzene rings is 2. The Labute approximate surface area is 141 Å². The van der Waals surface area contributed by atoms with E-state index >= 15 is 0 Å². The molecule has 2 aromatic heterocycles. The number of hydrogen-bond acceptors (Lipinski definition) is 2. The highest BCUT2D eigenvalue weighted by Crippen LogP contribution is 2.30. The zero-order chi connectivity index (χ0) is 16.5. The van der Waals surface area contributed by atoms with E-state index in [1.807, 2.05) is 35.9 Å². The number of rotatable bonds is 3. The molecular weight excluding hydrogens is 294 g/mol. The normalized spacial score (nSPS) is 11.1. The minimum absolute atomic E-state index is 0.722. The molecule has 0 N–H and O–H groups in total. The van der Waals surface area contributed by atoms with Gasteiger partial charge in [0.25, 0.3) is 0 Å². The van der Waals surface area contributed by atoms with E-state index in [0.29, 0.717) is 0 Å². The zero-order valence-corrected chi connectivity index (χ0v) is 13.9. The molecule has 118 valence electrons. The third-order valence-corrected chi connectivity index (χ3v) is 4.25. The van der Waals surface area contributed by atoms with E-state index in [2.05, 4.69) is 49.4 Å². The highest BCUT2D eigenvalue weighted by atomic mass is 15.3. The molecular formula is C21H19N3. The smallest absolute Gasteiger partial charge is 0.159 e. The van der Waals surface area contributed by atoms with Crippen molar-refractivity contribution in [2.75, 3.05) is 0 Å². The first-order chi connectivity index (χ1) is 11.7. The Kier molecular flexibility index (Phi) is 3.62. The molecule has 3 nitrogen and oxygen atoms in total. The minimum Gasteiger partial charge on any atom is -0.242 e. The maximum Gasteiger partial charge on any atom is 0.159 e.